The molecular formula is C15H13Cl3N2O3S. The summed E-state index contributed by atoms with van der Waals surface area (Å²) < 4.78 is 26.8. The predicted octanol–water partition coefficient (Wildman–Crippen LogP) is 3.95. The Kier molecular flexibility index (Phi) is 6.11. The Balaban J connectivity index is 2.09. The molecule has 1 amide bonds. The average molecular weight is 408 g/mol. The predicted molar refractivity (Wildman–Crippen MR) is 96.3 cm³/mol. The standard InChI is InChI=1S/C15H13Cl3N2O3S/c1-9(15(21)19-14-7-4-11(17)8-13(14)18)20-24(22,23)12-5-2-10(16)3-6-12/h2-9,20H,1H3,(H,19,21)/t9-/m1/s1. The van der Waals surface area contributed by atoms with Gasteiger partial charge in [0.05, 0.1) is 21.6 Å². The zero-order valence-corrected chi connectivity index (χ0v) is 15.5. The third-order valence-electron chi connectivity index (χ3n) is 3.04. The molecule has 0 aliphatic rings. The van der Waals surface area contributed by atoms with Gasteiger partial charge < -0.3 is 5.32 Å². The molecule has 0 bridgehead atoms. The molecule has 2 rings (SSSR count). The van der Waals surface area contributed by atoms with Crippen LogP contribution in [0.2, 0.25) is 15.1 Å². The molecule has 2 N–H and O–H groups in total. The molecule has 2 aromatic carbocycles. The zero-order valence-electron chi connectivity index (χ0n) is 12.4. The number of amides is 1. The highest BCUT2D eigenvalue weighted by Gasteiger charge is 2.22. The van der Waals surface area contributed by atoms with Crippen molar-refractivity contribution < 1.29 is 13.2 Å². The molecule has 24 heavy (non-hydrogen) atoms. The molecule has 0 aliphatic carbocycles. The van der Waals surface area contributed by atoms with Gasteiger partial charge in [0.25, 0.3) is 0 Å². The summed E-state index contributed by atoms with van der Waals surface area (Å²) in [5.74, 6) is -0.559. The van der Waals surface area contributed by atoms with Gasteiger partial charge in [0.15, 0.2) is 0 Å². The molecule has 2 aromatic rings. The van der Waals surface area contributed by atoms with Crippen molar-refractivity contribution in [2.75, 3.05) is 5.32 Å². The van der Waals surface area contributed by atoms with Crippen molar-refractivity contribution in [1.82, 2.24) is 4.72 Å². The van der Waals surface area contributed by atoms with Crippen LogP contribution in [0.4, 0.5) is 5.69 Å². The molecule has 0 fully saturated rings. The van der Waals surface area contributed by atoms with Gasteiger partial charge in [-0.3, -0.25) is 4.79 Å². The number of hydrogen-bond acceptors (Lipinski definition) is 3. The van der Waals surface area contributed by atoms with Crippen molar-refractivity contribution >= 4 is 56.4 Å². The normalized spacial score (nSPS) is 12.7. The highest BCUT2D eigenvalue weighted by Crippen LogP contribution is 2.25. The SMILES string of the molecule is C[C@@H](NS(=O)(=O)c1ccc(Cl)cc1)C(=O)Nc1ccc(Cl)cc1Cl. The Morgan fingerprint density at radius 3 is 2.17 bits per heavy atom. The second-order valence-corrected chi connectivity index (χ2v) is 7.90. The maximum atomic E-state index is 12.2. The van der Waals surface area contributed by atoms with E-state index in [0.717, 1.165) is 0 Å². The maximum Gasteiger partial charge on any atom is 0.242 e. The van der Waals surface area contributed by atoms with Crippen LogP contribution in [0.3, 0.4) is 0 Å². The van der Waals surface area contributed by atoms with Crippen LogP contribution < -0.4 is 10.0 Å². The molecule has 0 saturated heterocycles. The van der Waals surface area contributed by atoms with E-state index in [0.29, 0.717) is 15.7 Å². The summed E-state index contributed by atoms with van der Waals surface area (Å²) in [4.78, 5) is 12.2. The first-order valence-corrected chi connectivity index (χ1v) is 9.34. The van der Waals surface area contributed by atoms with Crippen LogP contribution in [0, 0.1) is 0 Å². The number of sulfonamides is 1. The quantitative estimate of drug-likeness (QED) is 0.788. The van der Waals surface area contributed by atoms with Gasteiger partial charge in [0.2, 0.25) is 15.9 Å². The van der Waals surface area contributed by atoms with E-state index in [2.05, 4.69) is 10.0 Å². The summed E-state index contributed by atoms with van der Waals surface area (Å²) in [5, 5.41) is 3.64. The summed E-state index contributed by atoms with van der Waals surface area (Å²) >= 11 is 17.5. The molecule has 0 heterocycles. The second kappa shape index (κ2) is 7.72. The molecule has 128 valence electrons. The van der Waals surface area contributed by atoms with Gasteiger partial charge in [-0.15, -0.1) is 0 Å². The highest BCUT2D eigenvalue weighted by atomic mass is 35.5. The largest absolute Gasteiger partial charge is 0.323 e. The first kappa shape index (κ1) is 19.0. The lowest BCUT2D eigenvalue weighted by Gasteiger charge is -2.15. The maximum absolute atomic E-state index is 12.2. The average Bonchev–Trinajstić information content (AvgIpc) is 2.50. The lowest BCUT2D eigenvalue weighted by molar-refractivity contribution is -0.117. The van der Waals surface area contributed by atoms with Gasteiger partial charge in [-0.05, 0) is 49.4 Å². The van der Waals surface area contributed by atoms with E-state index in [9.17, 15) is 13.2 Å². The first-order valence-electron chi connectivity index (χ1n) is 6.73. The summed E-state index contributed by atoms with van der Waals surface area (Å²) in [6.07, 6.45) is 0. The third kappa shape index (κ3) is 4.84. The van der Waals surface area contributed by atoms with E-state index in [-0.39, 0.29) is 9.92 Å². The van der Waals surface area contributed by atoms with E-state index in [1.54, 1.807) is 6.07 Å². The summed E-state index contributed by atoms with van der Waals surface area (Å²) in [5.41, 5.74) is 0.337. The van der Waals surface area contributed by atoms with Crippen molar-refractivity contribution in [3.63, 3.8) is 0 Å². The van der Waals surface area contributed by atoms with E-state index >= 15 is 0 Å². The molecule has 0 saturated carbocycles. The van der Waals surface area contributed by atoms with Crippen molar-refractivity contribution in [2.45, 2.75) is 17.9 Å². The number of carbonyl (C=O) groups excluding carboxylic acids is 1. The molecule has 0 aromatic heterocycles. The molecule has 0 radical (unpaired) electrons. The molecule has 5 nitrogen and oxygen atoms in total. The molecule has 1 atom stereocenters. The van der Waals surface area contributed by atoms with Crippen molar-refractivity contribution in [3.05, 3.63) is 57.5 Å². The molecular weight excluding hydrogens is 395 g/mol. The Hall–Kier alpha value is -1.31. The van der Waals surface area contributed by atoms with E-state index in [1.807, 2.05) is 0 Å². The van der Waals surface area contributed by atoms with Crippen molar-refractivity contribution in [3.8, 4) is 0 Å². The van der Waals surface area contributed by atoms with Crippen molar-refractivity contribution in [1.29, 1.82) is 0 Å². The van der Waals surface area contributed by atoms with E-state index in [1.165, 1.54) is 43.3 Å². The lowest BCUT2D eigenvalue weighted by atomic mass is 10.3. The number of benzene rings is 2. The summed E-state index contributed by atoms with van der Waals surface area (Å²) in [6, 6.07) is 9.16. The Bertz CT molecular complexity index is 855. The Labute approximate surface area is 155 Å². The van der Waals surface area contributed by atoms with Crippen LogP contribution in [0.25, 0.3) is 0 Å². The number of halogens is 3. The number of hydrogen-bond donors (Lipinski definition) is 2. The number of carbonyl (C=O) groups is 1. The molecule has 0 unspecified atom stereocenters. The fourth-order valence-corrected chi connectivity index (χ4v) is 3.58. The fraction of sp³-hybridized carbons (Fsp3) is 0.133. The molecule has 0 aliphatic heterocycles. The minimum absolute atomic E-state index is 0.0103. The van der Waals surface area contributed by atoms with E-state index in [4.69, 9.17) is 34.8 Å². The molecule has 9 heteroatoms. The monoisotopic (exact) mass is 406 g/mol. The minimum Gasteiger partial charge on any atom is -0.323 e. The molecule has 0 spiro atoms. The fourth-order valence-electron chi connectivity index (χ4n) is 1.80. The minimum atomic E-state index is -3.85. The van der Waals surface area contributed by atoms with Crippen LogP contribution in [0.15, 0.2) is 47.4 Å². The Morgan fingerprint density at radius 2 is 1.58 bits per heavy atom. The van der Waals surface area contributed by atoms with Crippen LogP contribution in [0.5, 0.6) is 0 Å². The van der Waals surface area contributed by atoms with Crippen LogP contribution in [-0.2, 0) is 14.8 Å². The van der Waals surface area contributed by atoms with Crippen LogP contribution in [0.1, 0.15) is 6.92 Å². The number of nitrogens with one attached hydrogen (secondary N) is 2. The summed E-state index contributed by atoms with van der Waals surface area (Å²) in [6.45, 7) is 1.42. The summed E-state index contributed by atoms with van der Waals surface area (Å²) in [7, 11) is -3.85. The Morgan fingerprint density at radius 1 is 1.00 bits per heavy atom. The highest BCUT2D eigenvalue weighted by molar-refractivity contribution is 7.89. The van der Waals surface area contributed by atoms with Gasteiger partial charge in [-0.1, -0.05) is 34.8 Å². The van der Waals surface area contributed by atoms with Gasteiger partial charge >= 0.3 is 0 Å². The first-order chi connectivity index (χ1) is 11.2. The third-order valence-corrected chi connectivity index (χ3v) is 5.39. The smallest absolute Gasteiger partial charge is 0.242 e. The number of rotatable bonds is 5. The lowest BCUT2D eigenvalue weighted by Crippen LogP contribution is -2.41. The van der Waals surface area contributed by atoms with E-state index < -0.39 is 22.0 Å². The van der Waals surface area contributed by atoms with Crippen molar-refractivity contribution in [2.24, 2.45) is 0 Å². The topological polar surface area (TPSA) is 75.3 Å². The zero-order chi connectivity index (χ0) is 17.9. The second-order valence-electron chi connectivity index (χ2n) is 4.91. The van der Waals surface area contributed by atoms with Crippen LogP contribution >= 0.6 is 34.8 Å². The number of anilines is 1. The van der Waals surface area contributed by atoms with Gasteiger partial charge in [0.1, 0.15) is 0 Å². The van der Waals surface area contributed by atoms with Gasteiger partial charge in [-0.2, -0.15) is 4.72 Å². The van der Waals surface area contributed by atoms with Gasteiger partial charge in [-0.25, -0.2) is 8.42 Å². The van der Waals surface area contributed by atoms with Gasteiger partial charge in [0, 0.05) is 10.0 Å². The van der Waals surface area contributed by atoms with Crippen LogP contribution in [-0.4, -0.2) is 20.4 Å².